The molecule has 106 valence electrons. The molecule has 0 radical (unpaired) electrons. The Morgan fingerprint density at radius 2 is 2.05 bits per heavy atom. The fraction of sp³-hybridized carbons (Fsp3) is 0.118. The molecule has 2 aromatic rings. The third-order valence-electron chi connectivity index (χ3n) is 2.89. The first-order valence-corrected chi connectivity index (χ1v) is 6.38. The van der Waals surface area contributed by atoms with Crippen LogP contribution in [0.3, 0.4) is 0 Å². The van der Waals surface area contributed by atoms with Gasteiger partial charge >= 0.3 is 0 Å². The van der Waals surface area contributed by atoms with E-state index in [4.69, 9.17) is 5.11 Å². The Balaban J connectivity index is 2.26. The SMILES string of the molecule is Cc1cc(NC(=O)c2ccccc2C#CCO)ccc1F. The molecule has 0 atom stereocenters. The van der Waals surface area contributed by atoms with Gasteiger partial charge in [0.2, 0.25) is 0 Å². The maximum Gasteiger partial charge on any atom is 0.256 e. The van der Waals surface area contributed by atoms with Gasteiger partial charge < -0.3 is 10.4 Å². The number of carbonyl (C=O) groups excluding carboxylic acids is 1. The lowest BCUT2D eigenvalue weighted by molar-refractivity contribution is 0.102. The summed E-state index contributed by atoms with van der Waals surface area (Å²) in [6.45, 7) is 1.36. The zero-order valence-corrected chi connectivity index (χ0v) is 11.5. The molecular weight excluding hydrogens is 269 g/mol. The average molecular weight is 283 g/mol. The lowest BCUT2D eigenvalue weighted by Crippen LogP contribution is -2.13. The van der Waals surface area contributed by atoms with Gasteiger partial charge in [-0.3, -0.25) is 4.79 Å². The molecule has 2 rings (SSSR count). The Hall–Kier alpha value is -2.64. The number of hydrogen-bond donors (Lipinski definition) is 2. The highest BCUT2D eigenvalue weighted by atomic mass is 19.1. The normalized spacial score (nSPS) is 9.67. The van der Waals surface area contributed by atoms with Crippen molar-refractivity contribution in [2.45, 2.75) is 6.92 Å². The second-order valence-electron chi connectivity index (χ2n) is 4.42. The molecule has 21 heavy (non-hydrogen) atoms. The number of benzene rings is 2. The van der Waals surface area contributed by atoms with Gasteiger partial charge in [-0.2, -0.15) is 0 Å². The summed E-state index contributed by atoms with van der Waals surface area (Å²) >= 11 is 0. The molecule has 0 saturated carbocycles. The van der Waals surface area contributed by atoms with Gasteiger partial charge in [0.15, 0.2) is 0 Å². The van der Waals surface area contributed by atoms with Crippen LogP contribution in [-0.4, -0.2) is 17.6 Å². The van der Waals surface area contributed by atoms with E-state index in [9.17, 15) is 9.18 Å². The van der Waals surface area contributed by atoms with E-state index in [-0.39, 0.29) is 18.3 Å². The molecule has 2 N–H and O–H groups in total. The van der Waals surface area contributed by atoms with Crippen molar-refractivity contribution in [3.05, 3.63) is 65.0 Å². The molecule has 3 nitrogen and oxygen atoms in total. The van der Waals surface area contributed by atoms with Crippen molar-refractivity contribution in [2.75, 3.05) is 11.9 Å². The lowest BCUT2D eigenvalue weighted by Gasteiger charge is -2.08. The second-order valence-corrected chi connectivity index (χ2v) is 4.42. The van der Waals surface area contributed by atoms with E-state index >= 15 is 0 Å². The van der Waals surface area contributed by atoms with Gasteiger partial charge in [-0.1, -0.05) is 24.0 Å². The first kappa shape index (κ1) is 14.8. The summed E-state index contributed by atoms with van der Waals surface area (Å²) < 4.78 is 13.2. The van der Waals surface area contributed by atoms with Gasteiger partial charge in [0, 0.05) is 11.3 Å². The summed E-state index contributed by atoms with van der Waals surface area (Å²) in [7, 11) is 0. The predicted octanol–water partition coefficient (Wildman–Crippen LogP) is 2.73. The number of nitrogens with one attached hydrogen (secondary N) is 1. The van der Waals surface area contributed by atoms with Crippen LogP contribution in [0.15, 0.2) is 42.5 Å². The minimum atomic E-state index is -0.330. The van der Waals surface area contributed by atoms with Gasteiger partial charge in [0.1, 0.15) is 12.4 Å². The van der Waals surface area contributed by atoms with Crippen LogP contribution in [0.2, 0.25) is 0 Å². The zero-order valence-electron chi connectivity index (χ0n) is 11.5. The van der Waals surface area contributed by atoms with E-state index in [0.29, 0.717) is 22.4 Å². The highest BCUT2D eigenvalue weighted by Crippen LogP contribution is 2.16. The summed E-state index contributed by atoms with van der Waals surface area (Å²) in [5.74, 6) is 4.60. The maximum absolute atomic E-state index is 13.2. The van der Waals surface area contributed by atoms with E-state index in [0.717, 1.165) is 0 Å². The Morgan fingerprint density at radius 3 is 2.76 bits per heavy atom. The van der Waals surface area contributed by atoms with Crippen molar-refractivity contribution in [1.82, 2.24) is 0 Å². The van der Waals surface area contributed by atoms with Crippen molar-refractivity contribution in [2.24, 2.45) is 0 Å². The van der Waals surface area contributed by atoms with Gasteiger partial charge in [-0.25, -0.2) is 4.39 Å². The Kier molecular flexibility index (Phi) is 4.70. The second kappa shape index (κ2) is 6.69. The molecule has 4 heteroatoms. The molecule has 0 spiro atoms. The smallest absolute Gasteiger partial charge is 0.256 e. The quantitative estimate of drug-likeness (QED) is 0.833. The number of anilines is 1. The summed E-state index contributed by atoms with van der Waals surface area (Å²) in [6, 6.07) is 11.2. The molecule has 0 saturated heterocycles. The predicted molar refractivity (Wildman–Crippen MR) is 79.5 cm³/mol. The van der Waals surface area contributed by atoms with E-state index in [1.54, 1.807) is 37.3 Å². The van der Waals surface area contributed by atoms with Crippen LogP contribution in [0, 0.1) is 24.6 Å². The number of aliphatic hydroxyl groups excluding tert-OH is 1. The number of hydrogen-bond acceptors (Lipinski definition) is 2. The van der Waals surface area contributed by atoms with E-state index in [1.165, 1.54) is 12.1 Å². The molecule has 0 bridgehead atoms. The fourth-order valence-electron chi connectivity index (χ4n) is 1.85. The molecule has 0 heterocycles. The third-order valence-corrected chi connectivity index (χ3v) is 2.89. The van der Waals surface area contributed by atoms with Crippen molar-refractivity contribution in [1.29, 1.82) is 0 Å². The van der Waals surface area contributed by atoms with E-state index < -0.39 is 0 Å². The molecule has 0 aromatic heterocycles. The third kappa shape index (κ3) is 3.68. The molecule has 1 amide bonds. The van der Waals surface area contributed by atoms with Crippen molar-refractivity contribution in [3.8, 4) is 11.8 Å². The van der Waals surface area contributed by atoms with Crippen LogP contribution >= 0.6 is 0 Å². The number of carbonyl (C=O) groups is 1. The molecule has 0 fully saturated rings. The highest BCUT2D eigenvalue weighted by Gasteiger charge is 2.10. The topological polar surface area (TPSA) is 49.3 Å². The van der Waals surface area contributed by atoms with E-state index in [1.807, 2.05) is 0 Å². The van der Waals surface area contributed by atoms with Crippen molar-refractivity contribution in [3.63, 3.8) is 0 Å². The summed E-state index contributed by atoms with van der Waals surface area (Å²) in [5.41, 5.74) is 1.91. The number of aryl methyl sites for hydroxylation is 1. The molecule has 0 aliphatic rings. The standard InChI is InChI=1S/C17H14FNO2/c1-12-11-14(8-9-16(12)18)19-17(21)15-7-3-2-5-13(15)6-4-10-20/h2-3,5,7-9,11,20H,10H2,1H3,(H,19,21). The fourth-order valence-corrected chi connectivity index (χ4v) is 1.85. The Morgan fingerprint density at radius 1 is 1.29 bits per heavy atom. The number of rotatable bonds is 2. The van der Waals surface area contributed by atoms with Crippen molar-refractivity contribution >= 4 is 11.6 Å². The molecule has 0 aliphatic carbocycles. The lowest BCUT2D eigenvalue weighted by atomic mass is 10.1. The Labute approximate surface area is 122 Å². The molecule has 0 unspecified atom stereocenters. The first-order chi connectivity index (χ1) is 10.1. The van der Waals surface area contributed by atoms with Gasteiger partial charge in [0.05, 0.1) is 5.56 Å². The molecule has 0 aliphatic heterocycles. The highest BCUT2D eigenvalue weighted by molar-refractivity contribution is 6.06. The van der Waals surface area contributed by atoms with Crippen LogP contribution in [0.1, 0.15) is 21.5 Å². The number of halogens is 1. The van der Waals surface area contributed by atoms with Gasteiger partial charge in [-0.15, -0.1) is 0 Å². The zero-order chi connectivity index (χ0) is 15.2. The number of amides is 1. The van der Waals surface area contributed by atoms with Crippen LogP contribution < -0.4 is 5.32 Å². The molecular formula is C17H14FNO2. The van der Waals surface area contributed by atoms with Crippen LogP contribution in [0.4, 0.5) is 10.1 Å². The first-order valence-electron chi connectivity index (χ1n) is 6.38. The summed E-state index contributed by atoms with van der Waals surface area (Å²) in [5, 5.41) is 11.4. The Bertz CT molecular complexity index is 729. The minimum absolute atomic E-state index is 0.271. The molecule has 2 aromatic carbocycles. The van der Waals surface area contributed by atoms with Crippen LogP contribution in [-0.2, 0) is 0 Å². The minimum Gasteiger partial charge on any atom is -0.384 e. The number of aliphatic hydroxyl groups is 1. The average Bonchev–Trinajstić information content (AvgIpc) is 2.49. The van der Waals surface area contributed by atoms with E-state index in [2.05, 4.69) is 17.2 Å². The van der Waals surface area contributed by atoms with Crippen molar-refractivity contribution < 1.29 is 14.3 Å². The van der Waals surface area contributed by atoms with Crippen LogP contribution in [0.25, 0.3) is 0 Å². The maximum atomic E-state index is 13.2. The summed E-state index contributed by atoms with van der Waals surface area (Å²) in [6.07, 6.45) is 0. The monoisotopic (exact) mass is 283 g/mol. The van der Waals surface area contributed by atoms with Gasteiger partial charge in [0.25, 0.3) is 5.91 Å². The van der Waals surface area contributed by atoms with Crippen LogP contribution in [0.5, 0.6) is 0 Å². The largest absolute Gasteiger partial charge is 0.384 e. The summed E-state index contributed by atoms with van der Waals surface area (Å²) in [4.78, 5) is 12.3. The van der Waals surface area contributed by atoms with Gasteiger partial charge in [-0.05, 0) is 42.8 Å².